The molecule has 2 aromatic carbocycles. The van der Waals surface area contributed by atoms with Crippen molar-refractivity contribution in [2.75, 3.05) is 7.11 Å². The highest BCUT2D eigenvalue weighted by Crippen LogP contribution is 2.12. The summed E-state index contributed by atoms with van der Waals surface area (Å²) in [7, 11) is 1.60. The number of nitrogens with one attached hydrogen (secondary N) is 1. The van der Waals surface area contributed by atoms with Crippen molar-refractivity contribution in [1.82, 2.24) is 5.32 Å². The van der Waals surface area contributed by atoms with Crippen LogP contribution in [0.4, 0.5) is 4.39 Å². The number of carbonyl (C=O) groups is 1. The molecular formula is C17H16FNO2. The van der Waals surface area contributed by atoms with E-state index in [1.165, 1.54) is 12.1 Å². The van der Waals surface area contributed by atoms with Gasteiger partial charge in [-0.1, -0.05) is 30.3 Å². The number of halogens is 1. The molecule has 0 atom stereocenters. The summed E-state index contributed by atoms with van der Waals surface area (Å²) in [4.78, 5) is 11.7. The number of methoxy groups -OCH3 is 1. The van der Waals surface area contributed by atoms with Crippen LogP contribution in [0.25, 0.3) is 6.08 Å². The molecule has 0 spiro atoms. The lowest BCUT2D eigenvalue weighted by atomic mass is 10.2. The normalized spacial score (nSPS) is 10.6. The van der Waals surface area contributed by atoms with E-state index in [-0.39, 0.29) is 18.3 Å². The average Bonchev–Trinajstić information content (AvgIpc) is 2.52. The van der Waals surface area contributed by atoms with Gasteiger partial charge in [0.15, 0.2) is 0 Å². The molecule has 0 heterocycles. The smallest absolute Gasteiger partial charge is 0.244 e. The predicted octanol–water partition coefficient (Wildman–Crippen LogP) is 3.16. The Morgan fingerprint density at radius 1 is 1.19 bits per heavy atom. The topological polar surface area (TPSA) is 38.3 Å². The molecule has 2 aromatic rings. The molecule has 1 N–H and O–H groups in total. The van der Waals surface area contributed by atoms with Crippen molar-refractivity contribution in [3.05, 3.63) is 71.6 Å². The highest BCUT2D eigenvalue weighted by atomic mass is 19.1. The molecule has 0 aliphatic heterocycles. The molecule has 21 heavy (non-hydrogen) atoms. The lowest BCUT2D eigenvalue weighted by molar-refractivity contribution is -0.116. The summed E-state index contributed by atoms with van der Waals surface area (Å²) < 4.78 is 18.4. The molecule has 0 radical (unpaired) electrons. The van der Waals surface area contributed by atoms with Crippen LogP contribution in [0, 0.1) is 5.82 Å². The molecule has 1 amide bonds. The van der Waals surface area contributed by atoms with Crippen LogP contribution in [-0.2, 0) is 11.3 Å². The van der Waals surface area contributed by atoms with Crippen LogP contribution in [0.1, 0.15) is 11.1 Å². The molecule has 3 nitrogen and oxygen atoms in total. The van der Waals surface area contributed by atoms with E-state index >= 15 is 0 Å². The summed E-state index contributed by atoms with van der Waals surface area (Å²) in [5.74, 6) is 0.169. The van der Waals surface area contributed by atoms with E-state index in [0.717, 1.165) is 11.3 Å². The third-order valence-electron chi connectivity index (χ3n) is 2.95. The minimum Gasteiger partial charge on any atom is -0.497 e. The van der Waals surface area contributed by atoms with Crippen molar-refractivity contribution < 1.29 is 13.9 Å². The molecule has 0 unspecified atom stereocenters. The molecule has 108 valence electrons. The van der Waals surface area contributed by atoms with Gasteiger partial charge >= 0.3 is 0 Å². The molecule has 0 fully saturated rings. The second-order valence-corrected chi connectivity index (χ2v) is 4.42. The summed E-state index contributed by atoms with van der Waals surface area (Å²) in [5, 5.41) is 2.64. The summed E-state index contributed by atoms with van der Waals surface area (Å²) >= 11 is 0. The second-order valence-electron chi connectivity index (χ2n) is 4.42. The van der Waals surface area contributed by atoms with Crippen molar-refractivity contribution in [2.24, 2.45) is 0 Å². The lowest BCUT2D eigenvalue weighted by Crippen LogP contribution is -2.20. The van der Waals surface area contributed by atoms with Gasteiger partial charge in [0.2, 0.25) is 5.91 Å². The van der Waals surface area contributed by atoms with Crippen LogP contribution in [0.2, 0.25) is 0 Å². The fourth-order valence-corrected chi connectivity index (χ4v) is 1.77. The van der Waals surface area contributed by atoms with E-state index in [1.807, 2.05) is 24.3 Å². The summed E-state index contributed by atoms with van der Waals surface area (Å²) in [6.07, 6.45) is 3.11. The monoisotopic (exact) mass is 285 g/mol. The van der Waals surface area contributed by atoms with Gasteiger partial charge in [-0.05, 0) is 29.8 Å². The van der Waals surface area contributed by atoms with Crippen LogP contribution >= 0.6 is 0 Å². The van der Waals surface area contributed by atoms with Crippen molar-refractivity contribution in [3.63, 3.8) is 0 Å². The van der Waals surface area contributed by atoms with Gasteiger partial charge in [-0.15, -0.1) is 0 Å². The van der Waals surface area contributed by atoms with Crippen molar-refractivity contribution in [3.8, 4) is 5.75 Å². The SMILES string of the molecule is COc1ccc(C=CC(=O)NCc2ccccc2F)cc1. The molecule has 0 aliphatic carbocycles. The van der Waals surface area contributed by atoms with Crippen molar-refractivity contribution in [1.29, 1.82) is 0 Å². The maximum absolute atomic E-state index is 13.4. The average molecular weight is 285 g/mol. The Hall–Kier alpha value is -2.62. The highest BCUT2D eigenvalue weighted by Gasteiger charge is 2.01. The van der Waals surface area contributed by atoms with E-state index in [9.17, 15) is 9.18 Å². The van der Waals surface area contributed by atoms with Crippen molar-refractivity contribution in [2.45, 2.75) is 6.54 Å². The maximum Gasteiger partial charge on any atom is 0.244 e. The summed E-state index contributed by atoms with van der Waals surface area (Å²) in [6.45, 7) is 0.165. The lowest BCUT2D eigenvalue weighted by Gasteiger charge is -2.03. The van der Waals surface area contributed by atoms with Gasteiger partial charge in [0, 0.05) is 18.2 Å². The Kier molecular flexibility index (Phi) is 5.10. The molecule has 0 saturated heterocycles. The fourth-order valence-electron chi connectivity index (χ4n) is 1.77. The first-order valence-electron chi connectivity index (χ1n) is 6.52. The summed E-state index contributed by atoms with van der Waals surface area (Å²) in [5.41, 5.74) is 1.35. The zero-order chi connectivity index (χ0) is 15.1. The predicted molar refractivity (Wildman–Crippen MR) is 80.3 cm³/mol. The van der Waals surface area contributed by atoms with E-state index in [0.29, 0.717) is 5.56 Å². The third-order valence-corrected chi connectivity index (χ3v) is 2.95. The molecule has 0 bridgehead atoms. The van der Waals surface area contributed by atoms with Gasteiger partial charge in [0.25, 0.3) is 0 Å². The number of benzene rings is 2. The minimum absolute atomic E-state index is 0.165. The highest BCUT2D eigenvalue weighted by molar-refractivity contribution is 5.91. The quantitative estimate of drug-likeness (QED) is 0.857. The number of rotatable bonds is 5. The largest absolute Gasteiger partial charge is 0.497 e. The second kappa shape index (κ2) is 7.24. The zero-order valence-corrected chi connectivity index (χ0v) is 11.7. The zero-order valence-electron chi connectivity index (χ0n) is 11.7. The number of amides is 1. The van der Waals surface area contributed by atoms with Crippen molar-refractivity contribution >= 4 is 12.0 Å². The van der Waals surface area contributed by atoms with Gasteiger partial charge in [-0.25, -0.2) is 4.39 Å². The van der Waals surface area contributed by atoms with E-state index in [4.69, 9.17) is 4.74 Å². The third kappa shape index (κ3) is 4.45. The Morgan fingerprint density at radius 3 is 2.57 bits per heavy atom. The van der Waals surface area contributed by atoms with Gasteiger partial charge in [-0.2, -0.15) is 0 Å². The molecule has 4 heteroatoms. The Morgan fingerprint density at radius 2 is 1.90 bits per heavy atom. The molecule has 0 aromatic heterocycles. The fraction of sp³-hybridized carbons (Fsp3) is 0.118. The van der Waals surface area contributed by atoms with Gasteiger partial charge in [0.1, 0.15) is 11.6 Å². The molecule has 0 saturated carbocycles. The van der Waals surface area contributed by atoms with Gasteiger partial charge in [-0.3, -0.25) is 4.79 Å². The van der Waals surface area contributed by atoms with Crippen LogP contribution < -0.4 is 10.1 Å². The number of ether oxygens (including phenoxy) is 1. The number of hydrogen-bond donors (Lipinski definition) is 1. The Labute approximate surface area is 123 Å². The first-order valence-corrected chi connectivity index (χ1v) is 6.52. The number of carbonyl (C=O) groups excluding carboxylic acids is 1. The summed E-state index contributed by atoms with van der Waals surface area (Å²) in [6, 6.07) is 13.7. The van der Waals surface area contributed by atoms with Crippen LogP contribution in [0.15, 0.2) is 54.6 Å². The maximum atomic E-state index is 13.4. The standard InChI is InChI=1S/C17H16FNO2/c1-21-15-9-6-13(7-10-15)8-11-17(20)19-12-14-4-2-3-5-16(14)18/h2-11H,12H2,1H3,(H,19,20). The van der Waals surface area contributed by atoms with E-state index in [1.54, 1.807) is 31.4 Å². The molecular weight excluding hydrogens is 269 g/mol. The van der Waals surface area contributed by atoms with Crippen LogP contribution in [0.5, 0.6) is 5.75 Å². The number of hydrogen-bond acceptors (Lipinski definition) is 2. The van der Waals surface area contributed by atoms with Gasteiger partial charge in [0.05, 0.1) is 7.11 Å². The Balaban J connectivity index is 1.89. The molecule has 0 aliphatic rings. The first kappa shape index (κ1) is 14.8. The first-order chi connectivity index (χ1) is 10.2. The van der Waals surface area contributed by atoms with Crippen LogP contribution in [0.3, 0.4) is 0 Å². The van der Waals surface area contributed by atoms with E-state index < -0.39 is 0 Å². The van der Waals surface area contributed by atoms with Gasteiger partial charge < -0.3 is 10.1 Å². The Bertz CT molecular complexity index is 635. The minimum atomic E-state index is -0.322. The molecule has 2 rings (SSSR count). The van der Waals surface area contributed by atoms with Crippen LogP contribution in [-0.4, -0.2) is 13.0 Å². The van der Waals surface area contributed by atoms with E-state index in [2.05, 4.69) is 5.32 Å².